The SMILES string of the molecule is COc1cc(C=NCCO)cc(OC)c1OC. The third kappa shape index (κ3) is 3.35. The van der Waals surface area contributed by atoms with Gasteiger partial charge in [-0.25, -0.2) is 0 Å². The van der Waals surface area contributed by atoms with Gasteiger partial charge in [0.2, 0.25) is 5.75 Å². The van der Waals surface area contributed by atoms with E-state index in [-0.39, 0.29) is 6.61 Å². The summed E-state index contributed by atoms with van der Waals surface area (Å²) in [5, 5.41) is 8.64. The van der Waals surface area contributed by atoms with Crippen molar-refractivity contribution < 1.29 is 19.3 Å². The lowest BCUT2D eigenvalue weighted by Gasteiger charge is -2.12. The summed E-state index contributed by atoms with van der Waals surface area (Å²) in [6.07, 6.45) is 1.65. The average Bonchev–Trinajstić information content (AvgIpc) is 2.37. The standard InChI is InChI=1S/C12H17NO4/c1-15-10-6-9(8-13-4-5-14)7-11(16-2)12(10)17-3/h6-8,14H,4-5H2,1-3H3. The van der Waals surface area contributed by atoms with Crippen molar-refractivity contribution >= 4 is 6.21 Å². The van der Waals surface area contributed by atoms with E-state index < -0.39 is 0 Å². The normalized spacial score (nSPS) is 10.6. The van der Waals surface area contributed by atoms with Gasteiger partial charge in [0.15, 0.2) is 11.5 Å². The van der Waals surface area contributed by atoms with E-state index in [1.807, 2.05) is 0 Å². The summed E-state index contributed by atoms with van der Waals surface area (Å²) in [7, 11) is 4.68. The van der Waals surface area contributed by atoms with Crippen LogP contribution in [0.3, 0.4) is 0 Å². The van der Waals surface area contributed by atoms with Gasteiger partial charge in [0.05, 0.1) is 34.5 Å². The molecule has 0 spiro atoms. The molecule has 1 aromatic carbocycles. The van der Waals surface area contributed by atoms with Crippen LogP contribution in [-0.4, -0.2) is 45.8 Å². The van der Waals surface area contributed by atoms with Gasteiger partial charge in [-0.05, 0) is 17.7 Å². The second-order valence-corrected chi connectivity index (χ2v) is 3.22. The Hall–Kier alpha value is -1.75. The first-order valence-electron chi connectivity index (χ1n) is 5.17. The van der Waals surface area contributed by atoms with Crippen LogP contribution in [0.5, 0.6) is 17.2 Å². The number of nitrogens with zero attached hydrogens (tertiary/aromatic N) is 1. The van der Waals surface area contributed by atoms with Gasteiger partial charge in [-0.2, -0.15) is 0 Å². The molecule has 17 heavy (non-hydrogen) atoms. The Morgan fingerprint density at radius 2 is 1.71 bits per heavy atom. The summed E-state index contributed by atoms with van der Waals surface area (Å²) in [5.41, 5.74) is 0.827. The van der Waals surface area contributed by atoms with Gasteiger partial charge in [-0.1, -0.05) is 0 Å². The molecule has 0 heterocycles. The Labute approximate surface area is 101 Å². The Balaban J connectivity index is 3.08. The molecular weight excluding hydrogens is 222 g/mol. The van der Waals surface area contributed by atoms with Gasteiger partial charge in [-0.15, -0.1) is 0 Å². The Morgan fingerprint density at radius 1 is 1.12 bits per heavy atom. The molecule has 1 rings (SSSR count). The van der Waals surface area contributed by atoms with Crippen molar-refractivity contribution in [1.29, 1.82) is 0 Å². The van der Waals surface area contributed by atoms with E-state index in [0.29, 0.717) is 23.8 Å². The summed E-state index contributed by atoms with van der Waals surface area (Å²) in [4.78, 5) is 4.04. The van der Waals surface area contributed by atoms with Gasteiger partial charge in [0.25, 0.3) is 0 Å². The van der Waals surface area contributed by atoms with Crippen LogP contribution in [0.25, 0.3) is 0 Å². The monoisotopic (exact) mass is 239 g/mol. The highest BCUT2D eigenvalue weighted by atomic mass is 16.5. The van der Waals surface area contributed by atoms with E-state index in [4.69, 9.17) is 19.3 Å². The second-order valence-electron chi connectivity index (χ2n) is 3.22. The van der Waals surface area contributed by atoms with Crippen LogP contribution in [0.4, 0.5) is 0 Å². The molecule has 1 N–H and O–H groups in total. The second kappa shape index (κ2) is 6.75. The molecule has 0 aliphatic heterocycles. The van der Waals surface area contributed by atoms with Crippen molar-refractivity contribution in [3.63, 3.8) is 0 Å². The van der Waals surface area contributed by atoms with Crippen molar-refractivity contribution in [3.05, 3.63) is 17.7 Å². The van der Waals surface area contributed by atoms with Crippen LogP contribution >= 0.6 is 0 Å². The molecule has 0 bridgehead atoms. The molecule has 1 aromatic rings. The highest BCUT2D eigenvalue weighted by Gasteiger charge is 2.11. The summed E-state index contributed by atoms with van der Waals surface area (Å²) < 4.78 is 15.6. The number of aliphatic hydroxyl groups excluding tert-OH is 1. The molecule has 0 aliphatic carbocycles. The fourth-order valence-electron chi connectivity index (χ4n) is 1.40. The Kier molecular flexibility index (Phi) is 5.29. The summed E-state index contributed by atoms with van der Waals surface area (Å²) in [6.45, 7) is 0.400. The van der Waals surface area contributed by atoms with E-state index in [9.17, 15) is 0 Å². The molecule has 0 aliphatic rings. The lowest BCUT2D eigenvalue weighted by atomic mass is 10.2. The molecular formula is C12H17NO4. The smallest absolute Gasteiger partial charge is 0.203 e. The predicted octanol–water partition coefficient (Wildman–Crippen LogP) is 1.12. The van der Waals surface area contributed by atoms with Crippen molar-refractivity contribution in [3.8, 4) is 17.2 Å². The molecule has 0 saturated heterocycles. The minimum absolute atomic E-state index is 0.0287. The highest BCUT2D eigenvalue weighted by Crippen LogP contribution is 2.37. The van der Waals surface area contributed by atoms with Crippen molar-refractivity contribution in [2.24, 2.45) is 4.99 Å². The molecule has 0 atom stereocenters. The quantitative estimate of drug-likeness (QED) is 0.756. The topological polar surface area (TPSA) is 60.3 Å². The van der Waals surface area contributed by atoms with E-state index in [1.165, 1.54) is 0 Å². The van der Waals surface area contributed by atoms with E-state index in [0.717, 1.165) is 5.56 Å². The number of methoxy groups -OCH3 is 3. The van der Waals surface area contributed by atoms with Crippen molar-refractivity contribution in [1.82, 2.24) is 0 Å². The minimum atomic E-state index is 0.0287. The predicted molar refractivity (Wildman–Crippen MR) is 65.6 cm³/mol. The van der Waals surface area contributed by atoms with Gasteiger partial charge in [0.1, 0.15) is 0 Å². The fourth-order valence-corrected chi connectivity index (χ4v) is 1.40. The maximum atomic E-state index is 8.64. The molecule has 0 saturated carbocycles. The molecule has 0 unspecified atom stereocenters. The van der Waals surface area contributed by atoms with E-state index in [1.54, 1.807) is 39.7 Å². The molecule has 94 valence electrons. The number of aliphatic hydroxyl groups is 1. The number of hydrogen-bond donors (Lipinski definition) is 1. The van der Waals surface area contributed by atoms with Gasteiger partial charge in [0, 0.05) is 6.21 Å². The Morgan fingerprint density at radius 3 is 2.12 bits per heavy atom. The van der Waals surface area contributed by atoms with Crippen molar-refractivity contribution in [2.45, 2.75) is 0 Å². The van der Waals surface area contributed by atoms with Crippen LogP contribution in [0.15, 0.2) is 17.1 Å². The molecule has 0 aromatic heterocycles. The van der Waals surface area contributed by atoms with Crippen LogP contribution in [0.1, 0.15) is 5.56 Å². The zero-order valence-electron chi connectivity index (χ0n) is 10.3. The summed E-state index contributed by atoms with van der Waals surface area (Å²) in [6, 6.07) is 3.59. The number of aliphatic imine (C=N–C) groups is 1. The van der Waals surface area contributed by atoms with Gasteiger partial charge in [-0.3, -0.25) is 4.99 Å². The maximum Gasteiger partial charge on any atom is 0.203 e. The molecule has 0 radical (unpaired) electrons. The fraction of sp³-hybridized carbons (Fsp3) is 0.417. The maximum absolute atomic E-state index is 8.64. The highest BCUT2D eigenvalue weighted by molar-refractivity contribution is 5.82. The first-order valence-corrected chi connectivity index (χ1v) is 5.17. The van der Waals surface area contributed by atoms with Gasteiger partial charge >= 0.3 is 0 Å². The lowest BCUT2D eigenvalue weighted by molar-refractivity contribution is 0.307. The lowest BCUT2D eigenvalue weighted by Crippen LogP contribution is -1.97. The van der Waals surface area contributed by atoms with Crippen LogP contribution in [0.2, 0.25) is 0 Å². The summed E-state index contributed by atoms with van der Waals surface area (Å²) >= 11 is 0. The van der Waals surface area contributed by atoms with Crippen LogP contribution < -0.4 is 14.2 Å². The first-order chi connectivity index (χ1) is 8.26. The largest absolute Gasteiger partial charge is 0.493 e. The van der Waals surface area contributed by atoms with E-state index >= 15 is 0 Å². The molecule has 5 nitrogen and oxygen atoms in total. The molecule has 0 amide bonds. The molecule has 0 fully saturated rings. The number of benzene rings is 1. The zero-order chi connectivity index (χ0) is 12.7. The number of hydrogen-bond acceptors (Lipinski definition) is 5. The third-order valence-corrected chi connectivity index (χ3v) is 2.16. The first kappa shape index (κ1) is 13.3. The number of ether oxygens (including phenoxy) is 3. The van der Waals surface area contributed by atoms with Crippen molar-refractivity contribution in [2.75, 3.05) is 34.5 Å². The van der Waals surface area contributed by atoms with Gasteiger partial charge < -0.3 is 19.3 Å². The number of rotatable bonds is 6. The molecule has 5 heteroatoms. The van der Waals surface area contributed by atoms with E-state index in [2.05, 4.69) is 4.99 Å². The Bertz CT molecular complexity index is 365. The van der Waals surface area contributed by atoms with Crippen LogP contribution in [0, 0.1) is 0 Å². The third-order valence-electron chi connectivity index (χ3n) is 2.16. The zero-order valence-corrected chi connectivity index (χ0v) is 10.3. The summed E-state index contributed by atoms with van der Waals surface area (Å²) in [5.74, 6) is 1.71. The van der Waals surface area contributed by atoms with Crippen LogP contribution in [-0.2, 0) is 0 Å². The average molecular weight is 239 g/mol. The minimum Gasteiger partial charge on any atom is -0.493 e.